The fraction of sp³-hybridized carbons (Fsp3) is 0.938. The molecule has 3 atom stereocenters. The molecule has 0 radical (unpaired) electrons. The highest BCUT2D eigenvalue weighted by atomic mass is 28.4. The highest BCUT2D eigenvalue weighted by Crippen LogP contribution is 2.43. The lowest BCUT2D eigenvalue weighted by atomic mass is 9.88. The normalized spacial score (nSPS) is 35.8. The Hall–Kier alpha value is -0.193. The van der Waals surface area contributed by atoms with Crippen LogP contribution in [0.5, 0.6) is 0 Å². The Labute approximate surface area is 124 Å². The molecular weight excluding hydrogens is 268 g/mol. The highest BCUT2D eigenvalue weighted by Gasteiger charge is 2.50. The van der Waals surface area contributed by atoms with Crippen LogP contribution in [0.25, 0.3) is 0 Å². The van der Waals surface area contributed by atoms with Crippen LogP contribution in [0.15, 0.2) is 0 Å². The van der Waals surface area contributed by atoms with E-state index in [1.54, 1.807) is 0 Å². The van der Waals surface area contributed by atoms with Crippen molar-refractivity contribution in [3.05, 3.63) is 0 Å². The molecule has 20 heavy (non-hydrogen) atoms. The summed E-state index contributed by atoms with van der Waals surface area (Å²) < 4.78 is 12.7. The average Bonchev–Trinajstić information content (AvgIpc) is 2.63. The van der Waals surface area contributed by atoms with Crippen molar-refractivity contribution in [2.75, 3.05) is 0 Å². The zero-order valence-corrected chi connectivity index (χ0v) is 14.9. The maximum Gasteiger partial charge on any atom is 0.192 e. The minimum Gasteiger partial charge on any atom is -0.411 e. The minimum atomic E-state index is -1.77. The van der Waals surface area contributed by atoms with E-state index < -0.39 is 13.9 Å². The molecule has 4 heteroatoms. The number of rotatable bonds is 2. The highest BCUT2D eigenvalue weighted by molar-refractivity contribution is 6.74. The van der Waals surface area contributed by atoms with E-state index in [1.807, 2.05) is 0 Å². The van der Waals surface area contributed by atoms with E-state index in [9.17, 15) is 4.79 Å². The molecule has 2 aliphatic rings. The number of Topliss-reactive ketones (excluding diaryl/α,β-unsaturated/α-hetero) is 1. The SMILES string of the molecule is C[C@@H]1O[C@@]2(CCCC2=O)CC[C@H]1O[Si](C)(C)C(C)(C)C. The van der Waals surface area contributed by atoms with E-state index >= 15 is 0 Å². The van der Waals surface area contributed by atoms with Gasteiger partial charge in [0.1, 0.15) is 5.60 Å². The first-order valence-corrected chi connectivity index (χ1v) is 10.9. The van der Waals surface area contributed by atoms with E-state index in [0.717, 1.165) is 25.7 Å². The maximum absolute atomic E-state index is 12.1. The predicted molar refractivity (Wildman–Crippen MR) is 83.4 cm³/mol. The molecule has 1 aliphatic carbocycles. The Kier molecular flexibility index (Phi) is 4.22. The molecule has 1 heterocycles. The number of ether oxygens (including phenoxy) is 1. The van der Waals surface area contributed by atoms with Gasteiger partial charge in [-0.2, -0.15) is 0 Å². The lowest BCUT2D eigenvalue weighted by Gasteiger charge is -2.46. The van der Waals surface area contributed by atoms with E-state index in [1.165, 1.54) is 0 Å². The lowest BCUT2D eigenvalue weighted by Crippen LogP contribution is -2.53. The van der Waals surface area contributed by atoms with E-state index in [0.29, 0.717) is 12.2 Å². The fourth-order valence-electron chi connectivity index (χ4n) is 3.10. The molecule has 2 fully saturated rings. The van der Waals surface area contributed by atoms with Crippen LogP contribution in [-0.2, 0) is 14.0 Å². The second-order valence-electron chi connectivity index (χ2n) is 8.05. The van der Waals surface area contributed by atoms with Gasteiger partial charge in [0.05, 0.1) is 12.2 Å². The van der Waals surface area contributed by atoms with E-state index in [4.69, 9.17) is 9.16 Å². The molecule has 2 rings (SSSR count). The van der Waals surface area contributed by atoms with Gasteiger partial charge in [-0.1, -0.05) is 20.8 Å². The first kappa shape index (κ1) is 16.2. The van der Waals surface area contributed by atoms with Gasteiger partial charge in [-0.25, -0.2) is 0 Å². The molecule has 0 aromatic heterocycles. The van der Waals surface area contributed by atoms with E-state index in [-0.39, 0.29) is 17.2 Å². The Morgan fingerprint density at radius 2 is 1.95 bits per heavy atom. The van der Waals surface area contributed by atoms with Gasteiger partial charge in [0.2, 0.25) is 0 Å². The van der Waals surface area contributed by atoms with Gasteiger partial charge >= 0.3 is 0 Å². The molecule has 0 aromatic rings. The van der Waals surface area contributed by atoms with Crippen molar-refractivity contribution < 1.29 is 14.0 Å². The summed E-state index contributed by atoms with van der Waals surface area (Å²) in [5.74, 6) is 0.315. The monoisotopic (exact) mass is 298 g/mol. The van der Waals surface area contributed by atoms with Crippen LogP contribution in [0.3, 0.4) is 0 Å². The van der Waals surface area contributed by atoms with Crippen LogP contribution in [0.1, 0.15) is 59.8 Å². The van der Waals surface area contributed by atoms with Gasteiger partial charge in [0, 0.05) is 6.42 Å². The second kappa shape index (κ2) is 5.22. The van der Waals surface area contributed by atoms with Crippen molar-refractivity contribution in [3.8, 4) is 0 Å². The average molecular weight is 298 g/mol. The van der Waals surface area contributed by atoms with Crippen molar-refractivity contribution in [2.24, 2.45) is 0 Å². The molecule has 0 N–H and O–H groups in total. The Morgan fingerprint density at radius 1 is 1.30 bits per heavy atom. The van der Waals surface area contributed by atoms with Crippen LogP contribution in [0.4, 0.5) is 0 Å². The molecule has 1 saturated heterocycles. The van der Waals surface area contributed by atoms with Crippen molar-refractivity contribution in [1.82, 2.24) is 0 Å². The van der Waals surface area contributed by atoms with Crippen molar-refractivity contribution in [3.63, 3.8) is 0 Å². The Balaban J connectivity index is 2.02. The van der Waals surface area contributed by atoms with Gasteiger partial charge in [-0.15, -0.1) is 0 Å². The first-order chi connectivity index (χ1) is 9.07. The Morgan fingerprint density at radius 3 is 2.40 bits per heavy atom. The number of carbonyl (C=O) groups excluding carboxylic acids is 1. The number of hydrogen-bond acceptors (Lipinski definition) is 3. The summed E-state index contributed by atoms with van der Waals surface area (Å²) in [6.07, 6.45) is 4.56. The topological polar surface area (TPSA) is 35.5 Å². The summed E-state index contributed by atoms with van der Waals surface area (Å²) in [6.45, 7) is 13.4. The molecular formula is C16H30O3Si. The standard InChI is InChI=1S/C16H30O3Si/c1-12-13(19-20(5,6)15(2,3)4)9-11-16(18-12)10-7-8-14(16)17/h12-13H,7-11H2,1-6H3/t12-,13+,16-/m0/s1. The second-order valence-corrected chi connectivity index (χ2v) is 12.8. The lowest BCUT2D eigenvalue weighted by molar-refractivity contribution is -0.174. The first-order valence-electron chi connectivity index (χ1n) is 7.96. The van der Waals surface area contributed by atoms with Gasteiger partial charge in [-0.3, -0.25) is 4.79 Å². The van der Waals surface area contributed by atoms with Gasteiger partial charge in [-0.05, 0) is 50.7 Å². The number of hydrogen-bond donors (Lipinski definition) is 0. The summed E-state index contributed by atoms with van der Waals surface area (Å²) >= 11 is 0. The number of ketones is 1. The predicted octanol–water partition coefficient (Wildman–Crippen LogP) is 4.07. The van der Waals surface area contributed by atoms with Crippen LogP contribution in [-0.4, -0.2) is 31.9 Å². The zero-order valence-electron chi connectivity index (χ0n) is 13.9. The molecule has 0 unspecified atom stereocenters. The fourth-order valence-corrected chi connectivity index (χ4v) is 4.52. The summed E-state index contributed by atoms with van der Waals surface area (Å²) in [5.41, 5.74) is -0.466. The quantitative estimate of drug-likeness (QED) is 0.721. The van der Waals surface area contributed by atoms with Crippen LogP contribution in [0, 0.1) is 0 Å². The van der Waals surface area contributed by atoms with Crippen molar-refractivity contribution in [2.45, 2.75) is 95.7 Å². The van der Waals surface area contributed by atoms with Gasteiger partial charge in [0.15, 0.2) is 14.1 Å². The third kappa shape index (κ3) is 2.88. The summed E-state index contributed by atoms with van der Waals surface area (Å²) in [6, 6.07) is 0. The summed E-state index contributed by atoms with van der Waals surface area (Å²) in [4.78, 5) is 12.1. The van der Waals surface area contributed by atoms with Crippen molar-refractivity contribution in [1.29, 1.82) is 0 Å². The molecule has 0 amide bonds. The molecule has 0 aromatic carbocycles. The zero-order chi connectivity index (χ0) is 15.2. The van der Waals surface area contributed by atoms with Crippen LogP contribution < -0.4 is 0 Å². The minimum absolute atomic E-state index is 0.0277. The maximum atomic E-state index is 12.1. The molecule has 1 spiro atoms. The third-order valence-corrected chi connectivity index (χ3v) is 10.0. The van der Waals surface area contributed by atoms with E-state index in [2.05, 4.69) is 40.8 Å². The molecule has 116 valence electrons. The van der Waals surface area contributed by atoms with Crippen LogP contribution >= 0.6 is 0 Å². The molecule has 1 saturated carbocycles. The molecule has 1 aliphatic heterocycles. The van der Waals surface area contributed by atoms with Crippen LogP contribution in [0.2, 0.25) is 18.1 Å². The Bertz CT molecular complexity index is 386. The summed E-state index contributed by atoms with van der Waals surface area (Å²) in [7, 11) is -1.77. The largest absolute Gasteiger partial charge is 0.411 e. The third-order valence-electron chi connectivity index (χ3n) is 5.51. The van der Waals surface area contributed by atoms with Gasteiger partial charge in [0.25, 0.3) is 0 Å². The number of carbonyl (C=O) groups is 1. The van der Waals surface area contributed by atoms with Gasteiger partial charge < -0.3 is 9.16 Å². The van der Waals surface area contributed by atoms with Crippen molar-refractivity contribution >= 4 is 14.1 Å². The smallest absolute Gasteiger partial charge is 0.192 e. The molecule has 3 nitrogen and oxygen atoms in total. The summed E-state index contributed by atoms with van der Waals surface area (Å²) in [5, 5.41) is 0.213. The molecule has 0 bridgehead atoms.